The van der Waals surface area contributed by atoms with Crippen LogP contribution in [0, 0.1) is 11.2 Å². The summed E-state index contributed by atoms with van der Waals surface area (Å²) >= 11 is 12.1. The van der Waals surface area contributed by atoms with Crippen molar-refractivity contribution in [2.75, 3.05) is 5.32 Å². The van der Waals surface area contributed by atoms with Gasteiger partial charge in [-0.25, -0.2) is 9.07 Å². The first-order valence-electron chi connectivity index (χ1n) is 8.87. The fraction of sp³-hybridized carbons (Fsp3) is 0.238. The second-order valence-electron chi connectivity index (χ2n) is 7.75. The number of hydrogen-bond acceptors (Lipinski definition) is 3. The Bertz CT molecular complexity index is 1070. The SMILES string of the molecule is CC1(C)CC(=O)c2c(Nc3ccc(Cl)c(Cl)c3)nn(-c3ccc(F)cc3)c2C1. The molecule has 4 rings (SSSR count). The number of carbonyl (C=O) groups excluding carboxylic acids is 1. The summed E-state index contributed by atoms with van der Waals surface area (Å²) in [6.07, 6.45) is 1.12. The molecule has 1 aliphatic carbocycles. The van der Waals surface area contributed by atoms with E-state index in [1.165, 1.54) is 12.1 Å². The Balaban J connectivity index is 1.84. The highest BCUT2D eigenvalue weighted by molar-refractivity contribution is 6.42. The summed E-state index contributed by atoms with van der Waals surface area (Å²) < 4.78 is 15.1. The van der Waals surface area contributed by atoms with E-state index in [9.17, 15) is 9.18 Å². The van der Waals surface area contributed by atoms with Crippen LogP contribution in [0.25, 0.3) is 5.69 Å². The number of hydrogen-bond donors (Lipinski definition) is 1. The third kappa shape index (κ3) is 3.52. The molecule has 1 N–H and O–H groups in total. The van der Waals surface area contributed by atoms with Gasteiger partial charge in [0, 0.05) is 12.1 Å². The monoisotopic (exact) mass is 417 g/mol. The first-order chi connectivity index (χ1) is 13.2. The largest absolute Gasteiger partial charge is 0.338 e. The van der Waals surface area contributed by atoms with Gasteiger partial charge < -0.3 is 5.32 Å². The van der Waals surface area contributed by atoms with Crippen molar-refractivity contribution in [2.24, 2.45) is 5.41 Å². The van der Waals surface area contributed by atoms with E-state index in [1.54, 1.807) is 35.0 Å². The number of nitrogens with zero attached hydrogens (tertiary/aromatic N) is 2. The van der Waals surface area contributed by atoms with Crippen molar-refractivity contribution in [3.63, 3.8) is 0 Å². The number of aromatic nitrogens is 2. The van der Waals surface area contributed by atoms with Crippen LogP contribution >= 0.6 is 23.2 Å². The Morgan fingerprint density at radius 1 is 1.07 bits per heavy atom. The predicted molar refractivity (Wildman–Crippen MR) is 110 cm³/mol. The van der Waals surface area contributed by atoms with E-state index in [4.69, 9.17) is 23.2 Å². The smallest absolute Gasteiger partial charge is 0.169 e. The zero-order valence-electron chi connectivity index (χ0n) is 15.4. The fourth-order valence-corrected chi connectivity index (χ4v) is 3.84. The third-order valence-corrected chi connectivity index (χ3v) is 5.54. The molecule has 0 atom stereocenters. The predicted octanol–water partition coefficient (Wildman–Crippen LogP) is 6.22. The minimum Gasteiger partial charge on any atom is -0.338 e. The van der Waals surface area contributed by atoms with Crippen LogP contribution in [0.5, 0.6) is 0 Å². The van der Waals surface area contributed by atoms with E-state index in [-0.39, 0.29) is 17.0 Å². The average Bonchev–Trinajstić information content (AvgIpc) is 2.96. The zero-order valence-corrected chi connectivity index (χ0v) is 16.9. The molecular weight excluding hydrogens is 400 g/mol. The summed E-state index contributed by atoms with van der Waals surface area (Å²) in [6, 6.07) is 11.2. The van der Waals surface area contributed by atoms with Crippen molar-refractivity contribution in [1.29, 1.82) is 0 Å². The van der Waals surface area contributed by atoms with Crippen LogP contribution in [0.3, 0.4) is 0 Å². The number of nitrogens with one attached hydrogen (secondary N) is 1. The van der Waals surface area contributed by atoms with Crippen LogP contribution in [0.15, 0.2) is 42.5 Å². The normalized spacial score (nSPS) is 15.4. The van der Waals surface area contributed by atoms with E-state index in [1.807, 2.05) is 0 Å². The lowest BCUT2D eigenvalue weighted by atomic mass is 9.76. The number of benzene rings is 2. The standard InChI is InChI=1S/C21H18Cl2FN3O/c1-21(2)10-17-19(18(28)11-21)20(25-13-5-8-15(22)16(23)9-13)26-27(17)14-6-3-12(24)4-7-14/h3-9H,10-11H2,1-2H3,(H,25,26). The number of anilines is 2. The quantitative estimate of drug-likeness (QED) is 0.550. The molecule has 0 fully saturated rings. The van der Waals surface area contributed by atoms with Crippen LogP contribution in [0.1, 0.15) is 36.3 Å². The topological polar surface area (TPSA) is 46.9 Å². The molecular formula is C21H18Cl2FN3O. The van der Waals surface area contributed by atoms with Gasteiger partial charge in [-0.2, -0.15) is 0 Å². The van der Waals surface area contributed by atoms with Gasteiger partial charge in [-0.1, -0.05) is 37.0 Å². The summed E-state index contributed by atoms with van der Waals surface area (Å²) in [5.41, 5.74) is 2.58. The molecule has 0 amide bonds. The Morgan fingerprint density at radius 2 is 1.79 bits per heavy atom. The summed E-state index contributed by atoms with van der Waals surface area (Å²) in [5.74, 6) is 0.163. The maximum atomic E-state index is 13.4. The zero-order chi connectivity index (χ0) is 20.1. The van der Waals surface area contributed by atoms with Crippen molar-refractivity contribution >= 4 is 40.5 Å². The second-order valence-corrected chi connectivity index (χ2v) is 8.57. The van der Waals surface area contributed by atoms with E-state index >= 15 is 0 Å². The van der Waals surface area contributed by atoms with Crippen LogP contribution in [-0.4, -0.2) is 15.6 Å². The molecule has 0 radical (unpaired) electrons. The van der Waals surface area contributed by atoms with Crippen LogP contribution in [-0.2, 0) is 6.42 Å². The highest BCUT2D eigenvalue weighted by Crippen LogP contribution is 2.39. The number of rotatable bonds is 3. The lowest BCUT2D eigenvalue weighted by Crippen LogP contribution is -2.28. The molecule has 2 aromatic carbocycles. The number of fused-ring (bicyclic) bond motifs is 1. The molecule has 0 saturated heterocycles. The number of carbonyl (C=O) groups is 1. The number of Topliss-reactive ketones (excluding diaryl/α,β-unsaturated/α-hetero) is 1. The van der Waals surface area contributed by atoms with Gasteiger partial charge in [0.05, 0.1) is 27.0 Å². The molecule has 0 saturated carbocycles. The van der Waals surface area contributed by atoms with E-state index in [0.717, 1.165) is 5.69 Å². The molecule has 7 heteroatoms. The van der Waals surface area contributed by atoms with Crippen molar-refractivity contribution in [3.05, 3.63) is 69.6 Å². The summed E-state index contributed by atoms with van der Waals surface area (Å²) in [4.78, 5) is 12.9. The van der Waals surface area contributed by atoms with Crippen molar-refractivity contribution in [2.45, 2.75) is 26.7 Å². The van der Waals surface area contributed by atoms with Gasteiger partial charge in [-0.3, -0.25) is 4.79 Å². The Labute approximate surface area is 172 Å². The molecule has 28 heavy (non-hydrogen) atoms. The highest BCUT2D eigenvalue weighted by Gasteiger charge is 2.37. The first kappa shape index (κ1) is 19.0. The molecule has 3 aromatic rings. The molecule has 144 valence electrons. The maximum Gasteiger partial charge on any atom is 0.169 e. The molecule has 1 aliphatic rings. The Kier molecular flexibility index (Phi) is 4.68. The summed E-state index contributed by atoms with van der Waals surface area (Å²) in [5, 5.41) is 8.69. The lowest BCUT2D eigenvalue weighted by molar-refractivity contribution is 0.0912. The summed E-state index contributed by atoms with van der Waals surface area (Å²) in [7, 11) is 0. The van der Waals surface area contributed by atoms with E-state index in [2.05, 4.69) is 24.3 Å². The van der Waals surface area contributed by atoms with Gasteiger partial charge in [0.2, 0.25) is 0 Å². The lowest BCUT2D eigenvalue weighted by Gasteiger charge is -2.29. The third-order valence-electron chi connectivity index (χ3n) is 4.80. The summed E-state index contributed by atoms with van der Waals surface area (Å²) in [6.45, 7) is 4.11. The molecule has 0 spiro atoms. The Morgan fingerprint density at radius 3 is 2.46 bits per heavy atom. The molecule has 0 bridgehead atoms. The molecule has 1 heterocycles. The van der Waals surface area contributed by atoms with Crippen LogP contribution < -0.4 is 5.32 Å². The molecule has 0 aliphatic heterocycles. The highest BCUT2D eigenvalue weighted by atomic mass is 35.5. The molecule has 1 aromatic heterocycles. The van der Waals surface area contributed by atoms with Gasteiger partial charge in [-0.15, -0.1) is 5.10 Å². The van der Waals surface area contributed by atoms with E-state index < -0.39 is 0 Å². The number of halogens is 3. The van der Waals surface area contributed by atoms with Gasteiger partial charge in [0.25, 0.3) is 0 Å². The van der Waals surface area contributed by atoms with Crippen LogP contribution in [0.2, 0.25) is 10.0 Å². The van der Waals surface area contributed by atoms with Gasteiger partial charge in [-0.05, 0) is 54.3 Å². The minimum atomic E-state index is -0.324. The fourth-order valence-electron chi connectivity index (χ4n) is 3.54. The maximum absolute atomic E-state index is 13.4. The molecule has 0 unspecified atom stereocenters. The van der Waals surface area contributed by atoms with Crippen molar-refractivity contribution in [3.8, 4) is 5.69 Å². The molecule has 4 nitrogen and oxygen atoms in total. The average molecular weight is 418 g/mol. The van der Waals surface area contributed by atoms with Crippen molar-refractivity contribution < 1.29 is 9.18 Å². The van der Waals surface area contributed by atoms with Crippen molar-refractivity contribution in [1.82, 2.24) is 9.78 Å². The number of ketones is 1. The first-order valence-corrected chi connectivity index (χ1v) is 9.62. The minimum absolute atomic E-state index is 0.0298. The van der Waals surface area contributed by atoms with Gasteiger partial charge in [0.15, 0.2) is 11.6 Å². The van der Waals surface area contributed by atoms with Gasteiger partial charge >= 0.3 is 0 Å². The Hall–Kier alpha value is -2.37. The van der Waals surface area contributed by atoms with Gasteiger partial charge in [0.1, 0.15) is 5.82 Å². The van der Waals surface area contributed by atoms with E-state index in [0.29, 0.717) is 45.6 Å². The second kappa shape index (κ2) is 6.90. The van der Waals surface area contributed by atoms with Crippen LogP contribution in [0.4, 0.5) is 15.9 Å².